The van der Waals surface area contributed by atoms with Gasteiger partial charge in [-0.3, -0.25) is 4.79 Å². The predicted octanol–water partition coefficient (Wildman–Crippen LogP) is 0.110. The second-order valence-corrected chi connectivity index (χ2v) is 4.37. The van der Waals surface area contributed by atoms with Crippen LogP contribution in [-0.2, 0) is 9.53 Å². The Morgan fingerprint density at radius 3 is 2.30 bits per heavy atom. The number of ether oxygens (including phenoxy) is 1. The van der Waals surface area contributed by atoms with Crippen molar-refractivity contribution >= 4 is 11.5 Å². The highest BCUT2D eigenvalue weighted by atomic mass is 16.7. The van der Waals surface area contributed by atoms with Gasteiger partial charge in [0.25, 0.3) is 5.79 Å². The van der Waals surface area contributed by atoms with Gasteiger partial charge in [0.2, 0.25) is 11.6 Å². The van der Waals surface area contributed by atoms with Crippen LogP contribution in [0.15, 0.2) is 48.1 Å². The monoisotopic (exact) mass is 278 g/mol. The first kappa shape index (κ1) is 14.4. The van der Waals surface area contributed by atoms with Crippen LogP contribution in [0.5, 0.6) is 0 Å². The maximum Gasteiger partial charge on any atom is 0.291 e. The number of aliphatic hydroxyl groups excluding tert-OH is 1. The second kappa shape index (κ2) is 4.84. The molecule has 4 N–H and O–H groups in total. The Hall–Kier alpha value is -1.99. The Labute approximate surface area is 114 Å². The van der Waals surface area contributed by atoms with Crippen molar-refractivity contribution in [3.05, 3.63) is 53.6 Å². The largest absolute Gasteiger partial charge is 0.507 e. The summed E-state index contributed by atoms with van der Waals surface area (Å²) < 4.78 is 4.53. The number of Topliss-reactive ketones (excluding diaryl/α,β-unsaturated/α-hetero) is 1. The standard InChI is InChI=1S/C14H14O6/c1-20-14(19)12(16)10(7-8-13(14,17)18)11(15)9-5-3-2-4-6-9/h2-8,15,17-19H,1H3. The molecule has 20 heavy (non-hydrogen) atoms. The topological polar surface area (TPSA) is 107 Å². The van der Waals surface area contributed by atoms with Gasteiger partial charge < -0.3 is 25.2 Å². The molecule has 0 radical (unpaired) electrons. The van der Waals surface area contributed by atoms with Gasteiger partial charge >= 0.3 is 0 Å². The minimum absolute atomic E-state index is 0.278. The summed E-state index contributed by atoms with van der Waals surface area (Å²) in [5.41, 5.74) is 0.0709. The molecular formula is C14H14O6. The fourth-order valence-corrected chi connectivity index (χ4v) is 1.92. The first-order chi connectivity index (χ1) is 9.33. The van der Waals surface area contributed by atoms with Crippen LogP contribution in [0.2, 0.25) is 0 Å². The smallest absolute Gasteiger partial charge is 0.291 e. The Morgan fingerprint density at radius 2 is 1.75 bits per heavy atom. The molecule has 1 aromatic rings. The molecule has 0 amide bonds. The van der Waals surface area contributed by atoms with Crippen molar-refractivity contribution in [2.45, 2.75) is 11.6 Å². The number of benzene rings is 1. The zero-order valence-corrected chi connectivity index (χ0v) is 10.6. The lowest BCUT2D eigenvalue weighted by Crippen LogP contribution is -2.61. The third-order valence-corrected chi connectivity index (χ3v) is 3.13. The van der Waals surface area contributed by atoms with Gasteiger partial charge in [-0.15, -0.1) is 0 Å². The Bertz CT molecular complexity index is 587. The fraction of sp³-hybridized carbons (Fsp3) is 0.214. The van der Waals surface area contributed by atoms with E-state index in [0.717, 1.165) is 19.3 Å². The van der Waals surface area contributed by atoms with E-state index in [1.165, 1.54) is 0 Å². The van der Waals surface area contributed by atoms with Crippen molar-refractivity contribution < 1.29 is 30.0 Å². The fourth-order valence-electron chi connectivity index (χ4n) is 1.92. The minimum Gasteiger partial charge on any atom is -0.507 e. The molecule has 0 heterocycles. The van der Waals surface area contributed by atoms with Crippen LogP contribution in [0.1, 0.15) is 5.56 Å². The molecule has 0 aromatic heterocycles. The van der Waals surface area contributed by atoms with Crippen molar-refractivity contribution in [3.8, 4) is 0 Å². The van der Waals surface area contributed by atoms with E-state index < -0.39 is 23.1 Å². The molecule has 106 valence electrons. The van der Waals surface area contributed by atoms with Crippen LogP contribution in [0.4, 0.5) is 0 Å². The van der Waals surface area contributed by atoms with E-state index in [1.807, 2.05) is 0 Å². The van der Waals surface area contributed by atoms with E-state index in [4.69, 9.17) is 0 Å². The minimum atomic E-state index is -2.88. The summed E-state index contributed by atoms with van der Waals surface area (Å²) in [5.74, 6) is -7.29. The summed E-state index contributed by atoms with van der Waals surface area (Å²) in [4.78, 5) is 12.1. The summed E-state index contributed by atoms with van der Waals surface area (Å²) in [6.45, 7) is 0. The van der Waals surface area contributed by atoms with E-state index in [9.17, 15) is 25.2 Å². The molecule has 6 heteroatoms. The third kappa shape index (κ3) is 2.04. The quantitative estimate of drug-likeness (QED) is 0.347. The van der Waals surface area contributed by atoms with Gasteiger partial charge in [0, 0.05) is 12.7 Å². The van der Waals surface area contributed by atoms with Gasteiger partial charge in [-0.2, -0.15) is 0 Å². The van der Waals surface area contributed by atoms with Crippen molar-refractivity contribution in [2.75, 3.05) is 7.11 Å². The Kier molecular flexibility index (Phi) is 3.49. The molecule has 0 spiro atoms. The molecule has 1 atom stereocenters. The average Bonchev–Trinajstić information content (AvgIpc) is 2.45. The molecule has 0 bridgehead atoms. The van der Waals surface area contributed by atoms with Crippen LogP contribution in [-0.4, -0.2) is 44.9 Å². The maximum atomic E-state index is 12.1. The maximum absolute atomic E-state index is 12.1. The van der Waals surface area contributed by atoms with Gasteiger partial charge in [-0.1, -0.05) is 30.3 Å². The van der Waals surface area contributed by atoms with Crippen LogP contribution in [0.25, 0.3) is 5.76 Å². The van der Waals surface area contributed by atoms with Gasteiger partial charge in [-0.25, -0.2) is 0 Å². The zero-order chi connectivity index (χ0) is 15.0. The average molecular weight is 278 g/mol. The number of methoxy groups -OCH3 is 1. The molecule has 0 saturated heterocycles. The first-order valence-corrected chi connectivity index (χ1v) is 5.78. The van der Waals surface area contributed by atoms with E-state index in [-0.39, 0.29) is 5.57 Å². The Morgan fingerprint density at radius 1 is 1.15 bits per heavy atom. The second-order valence-electron chi connectivity index (χ2n) is 4.37. The summed E-state index contributed by atoms with van der Waals surface area (Å²) in [6.07, 6.45) is 1.80. The number of allylic oxidation sites excluding steroid dienone is 1. The molecule has 1 aliphatic carbocycles. The number of ketones is 1. The molecule has 2 rings (SSSR count). The molecular weight excluding hydrogens is 264 g/mol. The number of carbonyl (C=O) groups excluding carboxylic acids is 1. The molecule has 0 saturated carbocycles. The number of hydrogen-bond donors (Lipinski definition) is 4. The van der Waals surface area contributed by atoms with Crippen LogP contribution >= 0.6 is 0 Å². The van der Waals surface area contributed by atoms with E-state index in [0.29, 0.717) is 5.56 Å². The lowest BCUT2D eigenvalue weighted by molar-refractivity contribution is -0.322. The van der Waals surface area contributed by atoms with Crippen LogP contribution < -0.4 is 0 Å². The lowest BCUT2D eigenvalue weighted by atomic mass is 9.87. The van der Waals surface area contributed by atoms with Gasteiger partial charge in [0.1, 0.15) is 5.76 Å². The van der Waals surface area contributed by atoms with E-state index in [1.54, 1.807) is 30.3 Å². The zero-order valence-electron chi connectivity index (χ0n) is 10.6. The summed E-state index contributed by atoms with van der Waals surface area (Å²) in [6, 6.07) is 8.18. The van der Waals surface area contributed by atoms with Crippen molar-refractivity contribution in [3.63, 3.8) is 0 Å². The summed E-state index contributed by atoms with van der Waals surface area (Å²) in [7, 11) is 0.954. The van der Waals surface area contributed by atoms with Crippen LogP contribution in [0, 0.1) is 0 Å². The summed E-state index contributed by atoms with van der Waals surface area (Å²) >= 11 is 0. The number of aliphatic hydroxyl groups is 4. The SMILES string of the molecule is COC1(O)C(=O)C(=C(O)c2ccccc2)C=CC1(O)O. The van der Waals surface area contributed by atoms with Crippen molar-refractivity contribution in [2.24, 2.45) is 0 Å². The van der Waals surface area contributed by atoms with E-state index >= 15 is 0 Å². The highest BCUT2D eigenvalue weighted by Crippen LogP contribution is 2.34. The van der Waals surface area contributed by atoms with Gasteiger partial charge in [0.05, 0.1) is 5.57 Å². The normalized spacial score (nSPS) is 27.5. The van der Waals surface area contributed by atoms with E-state index in [2.05, 4.69) is 4.74 Å². The van der Waals surface area contributed by atoms with Crippen molar-refractivity contribution in [1.29, 1.82) is 0 Å². The highest BCUT2D eigenvalue weighted by Gasteiger charge is 2.57. The first-order valence-electron chi connectivity index (χ1n) is 5.78. The molecule has 6 nitrogen and oxygen atoms in total. The molecule has 1 aliphatic rings. The highest BCUT2D eigenvalue weighted by molar-refractivity contribution is 6.09. The number of carbonyl (C=O) groups is 1. The molecule has 1 aromatic carbocycles. The lowest BCUT2D eigenvalue weighted by Gasteiger charge is -2.37. The Balaban J connectivity index is 2.58. The molecule has 1 unspecified atom stereocenters. The third-order valence-electron chi connectivity index (χ3n) is 3.13. The number of rotatable bonds is 2. The van der Waals surface area contributed by atoms with Crippen LogP contribution in [0.3, 0.4) is 0 Å². The predicted molar refractivity (Wildman–Crippen MR) is 69.3 cm³/mol. The molecule has 0 fully saturated rings. The van der Waals surface area contributed by atoms with Gasteiger partial charge in [0.15, 0.2) is 0 Å². The van der Waals surface area contributed by atoms with Gasteiger partial charge in [-0.05, 0) is 12.2 Å². The molecule has 0 aliphatic heterocycles. The number of hydrogen-bond acceptors (Lipinski definition) is 6. The van der Waals surface area contributed by atoms with Crippen molar-refractivity contribution in [1.82, 2.24) is 0 Å². The summed E-state index contributed by atoms with van der Waals surface area (Å²) in [5, 5.41) is 39.3.